The second-order valence-corrected chi connectivity index (χ2v) is 4.70. The van der Waals surface area contributed by atoms with Crippen LogP contribution in [0.1, 0.15) is 41.0 Å². The molecule has 108 valence electrons. The van der Waals surface area contributed by atoms with Crippen molar-refractivity contribution in [2.24, 2.45) is 11.7 Å². The quantitative estimate of drug-likeness (QED) is 0.673. The van der Waals surface area contributed by atoms with Crippen molar-refractivity contribution in [3.63, 3.8) is 0 Å². The van der Waals surface area contributed by atoms with Gasteiger partial charge >= 0.3 is 0 Å². The standard InChI is InChI=1S/C12H25N3O2.ClH/c1-6-7(2)14-12(17)10(5)15-11(16)8(3)9(4)13;/h7-10H,6,13H2,1-5H3,(H,14,17)(H,15,16);1H. The average molecular weight is 280 g/mol. The first-order valence-corrected chi connectivity index (χ1v) is 6.15. The molecule has 0 aromatic rings. The fraction of sp³-hybridized carbons (Fsp3) is 0.833. The number of hydrogen-bond acceptors (Lipinski definition) is 3. The molecule has 0 rings (SSSR count). The lowest BCUT2D eigenvalue weighted by atomic mass is 10.0. The van der Waals surface area contributed by atoms with Crippen LogP contribution in [0.25, 0.3) is 0 Å². The van der Waals surface area contributed by atoms with Crippen molar-refractivity contribution in [3.05, 3.63) is 0 Å². The van der Waals surface area contributed by atoms with Crippen LogP contribution in [0.15, 0.2) is 0 Å². The molecule has 0 heterocycles. The third-order valence-electron chi connectivity index (χ3n) is 2.96. The number of nitrogens with one attached hydrogen (secondary N) is 2. The topological polar surface area (TPSA) is 84.2 Å². The summed E-state index contributed by atoms with van der Waals surface area (Å²) in [5.74, 6) is -0.648. The van der Waals surface area contributed by atoms with Gasteiger partial charge in [0.15, 0.2) is 0 Å². The van der Waals surface area contributed by atoms with E-state index in [1.54, 1.807) is 20.8 Å². The number of amides is 2. The summed E-state index contributed by atoms with van der Waals surface area (Å²) in [6, 6.07) is -0.634. The van der Waals surface area contributed by atoms with Gasteiger partial charge in [-0.3, -0.25) is 9.59 Å². The number of rotatable bonds is 6. The Bertz CT molecular complexity index is 272. The molecule has 2 amide bonds. The van der Waals surface area contributed by atoms with Crippen LogP contribution in [-0.4, -0.2) is 29.9 Å². The first kappa shape index (κ1) is 19.5. The van der Waals surface area contributed by atoms with E-state index in [1.807, 2.05) is 13.8 Å². The first-order valence-electron chi connectivity index (χ1n) is 6.15. The summed E-state index contributed by atoms with van der Waals surface area (Å²) in [4.78, 5) is 23.4. The Kier molecular flexibility index (Phi) is 9.94. The highest BCUT2D eigenvalue weighted by molar-refractivity contribution is 5.88. The minimum absolute atomic E-state index is 0. The van der Waals surface area contributed by atoms with Crippen molar-refractivity contribution >= 4 is 24.2 Å². The third-order valence-corrected chi connectivity index (χ3v) is 2.96. The Balaban J connectivity index is 0. The summed E-state index contributed by atoms with van der Waals surface area (Å²) in [5, 5.41) is 5.48. The largest absolute Gasteiger partial charge is 0.352 e. The summed E-state index contributed by atoms with van der Waals surface area (Å²) in [5.41, 5.74) is 5.63. The maximum Gasteiger partial charge on any atom is 0.242 e. The molecule has 0 fully saturated rings. The van der Waals surface area contributed by atoms with Gasteiger partial charge in [-0.05, 0) is 27.2 Å². The van der Waals surface area contributed by atoms with E-state index in [0.29, 0.717) is 0 Å². The highest BCUT2D eigenvalue weighted by atomic mass is 35.5. The molecule has 0 aliphatic rings. The van der Waals surface area contributed by atoms with Crippen LogP contribution < -0.4 is 16.4 Å². The van der Waals surface area contributed by atoms with Crippen molar-refractivity contribution < 1.29 is 9.59 Å². The fourth-order valence-corrected chi connectivity index (χ4v) is 1.12. The minimum atomic E-state index is -0.530. The maximum atomic E-state index is 11.7. The van der Waals surface area contributed by atoms with Gasteiger partial charge in [-0.2, -0.15) is 0 Å². The Morgan fingerprint density at radius 1 is 1.06 bits per heavy atom. The van der Waals surface area contributed by atoms with Crippen molar-refractivity contribution in [2.75, 3.05) is 0 Å². The summed E-state index contributed by atoms with van der Waals surface area (Å²) >= 11 is 0. The van der Waals surface area contributed by atoms with Crippen LogP contribution in [0, 0.1) is 5.92 Å². The Labute approximate surface area is 116 Å². The Morgan fingerprint density at radius 2 is 1.56 bits per heavy atom. The van der Waals surface area contributed by atoms with Crippen molar-refractivity contribution in [1.82, 2.24) is 10.6 Å². The average Bonchev–Trinajstić information content (AvgIpc) is 2.27. The SMILES string of the molecule is CCC(C)NC(=O)C(C)NC(=O)C(C)C(C)N.Cl. The predicted molar refractivity (Wildman–Crippen MR) is 75.6 cm³/mol. The molecular formula is C12H26ClN3O2. The zero-order valence-corrected chi connectivity index (χ0v) is 12.6. The van der Waals surface area contributed by atoms with Gasteiger partial charge in [-0.1, -0.05) is 13.8 Å². The van der Waals surface area contributed by atoms with Gasteiger partial charge in [0.05, 0.1) is 0 Å². The van der Waals surface area contributed by atoms with Crippen LogP contribution in [0.4, 0.5) is 0 Å². The molecule has 0 bridgehead atoms. The van der Waals surface area contributed by atoms with E-state index < -0.39 is 6.04 Å². The number of carbonyl (C=O) groups excluding carboxylic acids is 2. The number of halogens is 1. The van der Waals surface area contributed by atoms with Crippen LogP contribution in [0.5, 0.6) is 0 Å². The second-order valence-electron chi connectivity index (χ2n) is 4.70. The van der Waals surface area contributed by atoms with E-state index in [4.69, 9.17) is 5.73 Å². The van der Waals surface area contributed by atoms with Crippen LogP contribution >= 0.6 is 12.4 Å². The van der Waals surface area contributed by atoms with Gasteiger partial charge in [0.2, 0.25) is 11.8 Å². The zero-order chi connectivity index (χ0) is 13.6. The second kappa shape index (κ2) is 9.16. The summed E-state index contributed by atoms with van der Waals surface area (Å²) in [7, 11) is 0. The van der Waals surface area contributed by atoms with Crippen molar-refractivity contribution in [2.45, 2.75) is 59.2 Å². The molecule has 0 spiro atoms. The molecule has 0 aliphatic carbocycles. The molecule has 18 heavy (non-hydrogen) atoms. The Hall–Kier alpha value is -0.810. The maximum absolute atomic E-state index is 11.7. The van der Waals surface area contributed by atoms with E-state index in [-0.39, 0.29) is 42.2 Å². The van der Waals surface area contributed by atoms with E-state index in [9.17, 15) is 9.59 Å². The van der Waals surface area contributed by atoms with Gasteiger partial charge < -0.3 is 16.4 Å². The molecule has 0 aromatic heterocycles. The summed E-state index contributed by atoms with van der Waals surface area (Å²) in [6.45, 7) is 9.11. The lowest BCUT2D eigenvalue weighted by molar-refractivity contribution is -0.131. The van der Waals surface area contributed by atoms with E-state index >= 15 is 0 Å². The smallest absolute Gasteiger partial charge is 0.242 e. The lowest BCUT2D eigenvalue weighted by Crippen LogP contribution is -2.50. The van der Waals surface area contributed by atoms with Crippen LogP contribution in [-0.2, 0) is 9.59 Å². The molecule has 0 aromatic carbocycles. The monoisotopic (exact) mass is 279 g/mol. The molecule has 4 unspecified atom stereocenters. The number of carbonyl (C=O) groups is 2. The van der Waals surface area contributed by atoms with Crippen LogP contribution in [0.3, 0.4) is 0 Å². The molecular weight excluding hydrogens is 254 g/mol. The molecule has 4 N–H and O–H groups in total. The predicted octanol–water partition coefficient (Wildman–Crippen LogP) is 0.811. The zero-order valence-electron chi connectivity index (χ0n) is 11.8. The van der Waals surface area contributed by atoms with Crippen molar-refractivity contribution in [3.8, 4) is 0 Å². The van der Waals surface area contributed by atoms with E-state index in [2.05, 4.69) is 10.6 Å². The molecule has 5 nitrogen and oxygen atoms in total. The van der Waals surface area contributed by atoms with Gasteiger partial charge in [-0.25, -0.2) is 0 Å². The normalized spacial score (nSPS) is 16.8. The minimum Gasteiger partial charge on any atom is -0.352 e. The molecule has 0 saturated heterocycles. The van der Waals surface area contributed by atoms with Crippen LogP contribution in [0.2, 0.25) is 0 Å². The fourth-order valence-electron chi connectivity index (χ4n) is 1.12. The van der Waals surface area contributed by atoms with Gasteiger partial charge in [0, 0.05) is 18.0 Å². The third kappa shape index (κ3) is 6.81. The summed E-state index contributed by atoms with van der Waals surface area (Å²) < 4.78 is 0. The highest BCUT2D eigenvalue weighted by Gasteiger charge is 2.22. The van der Waals surface area contributed by atoms with Gasteiger partial charge in [0.25, 0.3) is 0 Å². The lowest BCUT2D eigenvalue weighted by Gasteiger charge is -2.20. The van der Waals surface area contributed by atoms with Gasteiger partial charge in [0.1, 0.15) is 6.04 Å². The Morgan fingerprint density at radius 3 is 1.94 bits per heavy atom. The molecule has 0 aliphatic heterocycles. The molecule has 0 radical (unpaired) electrons. The highest BCUT2D eigenvalue weighted by Crippen LogP contribution is 2.00. The molecule has 0 saturated carbocycles. The van der Waals surface area contributed by atoms with Crippen molar-refractivity contribution in [1.29, 1.82) is 0 Å². The molecule has 6 heteroatoms. The number of nitrogens with two attached hydrogens (primary N) is 1. The molecule has 4 atom stereocenters. The number of hydrogen-bond donors (Lipinski definition) is 3. The summed E-state index contributed by atoms with van der Waals surface area (Å²) in [6.07, 6.45) is 0.864. The van der Waals surface area contributed by atoms with E-state index in [1.165, 1.54) is 0 Å². The van der Waals surface area contributed by atoms with E-state index in [0.717, 1.165) is 6.42 Å². The first-order chi connectivity index (χ1) is 7.79. The van der Waals surface area contributed by atoms with Gasteiger partial charge in [-0.15, -0.1) is 12.4 Å².